The highest BCUT2D eigenvalue weighted by molar-refractivity contribution is 5.89. The Labute approximate surface area is 233 Å². The van der Waals surface area contributed by atoms with Crippen molar-refractivity contribution in [3.63, 3.8) is 0 Å². The van der Waals surface area contributed by atoms with E-state index in [0.29, 0.717) is 12.2 Å². The van der Waals surface area contributed by atoms with E-state index in [2.05, 4.69) is 20.5 Å². The fourth-order valence-electron chi connectivity index (χ4n) is 5.11. The van der Waals surface area contributed by atoms with Gasteiger partial charge in [0.25, 0.3) is 0 Å². The van der Waals surface area contributed by atoms with Crippen LogP contribution >= 0.6 is 0 Å². The van der Waals surface area contributed by atoms with Gasteiger partial charge in [-0.25, -0.2) is 14.4 Å². The van der Waals surface area contributed by atoms with Crippen LogP contribution in [0.15, 0.2) is 41.3 Å². The number of rotatable bonds is 6. The molecule has 222 valence electrons. The van der Waals surface area contributed by atoms with Crippen LogP contribution in [0.4, 0.5) is 28.6 Å². The number of nitrogens with zero attached hydrogens (tertiary/aromatic N) is 5. The number of benzene rings is 1. The third-order valence-electron chi connectivity index (χ3n) is 7.32. The molecule has 2 fully saturated rings. The normalized spacial score (nSPS) is 18.7. The highest BCUT2D eigenvalue weighted by Gasteiger charge is 2.46. The first-order valence-electron chi connectivity index (χ1n) is 13.3. The number of hydrogen-bond donors (Lipinski definition) is 3. The molecule has 2 aromatic rings. The van der Waals surface area contributed by atoms with Crippen LogP contribution in [0.25, 0.3) is 5.69 Å². The first-order valence-corrected chi connectivity index (χ1v) is 13.3. The average molecular weight is 580 g/mol. The number of halogens is 3. The van der Waals surface area contributed by atoms with Crippen molar-refractivity contribution < 1.29 is 32.7 Å². The van der Waals surface area contributed by atoms with E-state index >= 15 is 0 Å². The smallest absolute Gasteiger partial charge is 0.465 e. The number of urea groups is 1. The third kappa shape index (κ3) is 7.54. The van der Waals surface area contributed by atoms with Crippen molar-refractivity contribution >= 4 is 23.8 Å². The second kappa shape index (κ2) is 12.6. The quantitative estimate of drug-likeness (QED) is 0.478. The molecule has 41 heavy (non-hydrogen) atoms. The summed E-state index contributed by atoms with van der Waals surface area (Å²) in [5.74, 6) is -1.92. The van der Waals surface area contributed by atoms with Gasteiger partial charge in [-0.15, -0.1) is 0 Å². The van der Waals surface area contributed by atoms with Crippen molar-refractivity contribution in [1.82, 2.24) is 29.6 Å². The molecule has 0 saturated carbocycles. The summed E-state index contributed by atoms with van der Waals surface area (Å²) >= 11 is 0. The maximum Gasteiger partial charge on any atom is 0.471 e. The molecule has 2 aliphatic heterocycles. The van der Waals surface area contributed by atoms with Crippen molar-refractivity contribution in [2.75, 3.05) is 38.0 Å². The minimum atomic E-state index is -4.98. The zero-order chi connectivity index (χ0) is 29.7. The van der Waals surface area contributed by atoms with Crippen LogP contribution in [0.1, 0.15) is 31.7 Å². The molecule has 0 radical (unpaired) electrons. The monoisotopic (exact) mass is 579 g/mol. The maximum atomic E-state index is 12.9. The largest absolute Gasteiger partial charge is 0.471 e. The Balaban J connectivity index is 1.32. The molecule has 2 aliphatic rings. The molecular weight excluding hydrogens is 547 g/mol. The Hall–Kier alpha value is -4.14. The first-order chi connectivity index (χ1) is 19.4. The first kappa shape index (κ1) is 29.8. The number of alkyl halides is 3. The lowest BCUT2D eigenvalue weighted by molar-refractivity contribution is -0.189. The predicted octanol–water partition coefficient (Wildman–Crippen LogP) is 2.48. The fraction of sp³-hybridized carbons (Fsp3) is 0.500. The minimum absolute atomic E-state index is 0.00416. The molecule has 0 bridgehead atoms. The lowest BCUT2D eigenvalue weighted by Gasteiger charge is -2.41. The van der Waals surface area contributed by atoms with Gasteiger partial charge in [0.2, 0.25) is 0 Å². The molecule has 0 aliphatic carbocycles. The molecule has 4 amide bonds. The van der Waals surface area contributed by atoms with E-state index in [0.717, 1.165) is 36.4 Å². The maximum absolute atomic E-state index is 12.9. The van der Waals surface area contributed by atoms with E-state index in [1.807, 2.05) is 12.1 Å². The topological polar surface area (TPSA) is 140 Å². The van der Waals surface area contributed by atoms with Crippen molar-refractivity contribution in [3.05, 3.63) is 52.6 Å². The van der Waals surface area contributed by atoms with Gasteiger partial charge in [-0.05, 0) is 43.0 Å². The summed E-state index contributed by atoms with van der Waals surface area (Å²) in [5, 5.41) is 13.9. The molecule has 15 heteroatoms. The summed E-state index contributed by atoms with van der Waals surface area (Å²) in [7, 11) is 0. The van der Waals surface area contributed by atoms with E-state index in [-0.39, 0.29) is 37.9 Å². The number of likely N-dealkylation sites (tertiary alicyclic amines) is 1. The molecule has 1 atom stereocenters. The number of piperidine rings is 1. The van der Waals surface area contributed by atoms with Gasteiger partial charge in [-0.2, -0.15) is 18.2 Å². The number of carbonyl (C=O) groups is 3. The van der Waals surface area contributed by atoms with Gasteiger partial charge < -0.3 is 20.2 Å². The Morgan fingerprint density at radius 2 is 1.73 bits per heavy atom. The summed E-state index contributed by atoms with van der Waals surface area (Å²) in [6.07, 6.45) is -2.81. The zero-order valence-electron chi connectivity index (χ0n) is 22.4. The standard InChI is InChI=1S/C26H32F3N7O5/c1-2-19-16-34(13-14-35(19)22(37)26(27,28)29)23(38)31-21-9-12-36(24(39)32-21)20-5-3-17(4-6-20)15-33-10-7-18(8-11-33)30-25(40)41/h3-6,9,12,18-19,30H,2,7-8,10-11,13-16H2,1H3,(H,40,41)(H,31,32,38,39). The van der Waals surface area contributed by atoms with Gasteiger partial charge in [0.05, 0.1) is 5.69 Å². The highest BCUT2D eigenvalue weighted by atomic mass is 19.4. The SMILES string of the molecule is CCC1CN(C(=O)Nc2ccn(-c3ccc(CN4CCC(NC(=O)O)CC4)cc3)c(=O)n2)CCN1C(=O)C(F)(F)F. The second-order valence-corrected chi connectivity index (χ2v) is 10.1. The Morgan fingerprint density at radius 3 is 2.32 bits per heavy atom. The Kier molecular flexibility index (Phi) is 9.15. The number of hydrogen-bond acceptors (Lipinski definition) is 6. The van der Waals surface area contributed by atoms with Crippen LogP contribution in [0.2, 0.25) is 0 Å². The predicted molar refractivity (Wildman–Crippen MR) is 142 cm³/mol. The van der Waals surface area contributed by atoms with Crippen molar-refractivity contribution in [1.29, 1.82) is 0 Å². The van der Waals surface area contributed by atoms with Gasteiger partial charge >= 0.3 is 29.9 Å². The molecule has 3 N–H and O–H groups in total. The summed E-state index contributed by atoms with van der Waals surface area (Å²) in [5.41, 5.74) is 0.978. The number of piperazine rings is 1. The number of anilines is 1. The summed E-state index contributed by atoms with van der Waals surface area (Å²) in [6, 6.07) is 7.35. The summed E-state index contributed by atoms with van der Waals surface area (Å²) in [4.78, 5) is 56.1. The molecular formula is C26H32F3N7O5. The van der Waals surface area contributed by atoms with Crippen LogP contribution < -0.4 is 16.3 Å². The van der Waals surface area contributed by atoms with Gasteiger partial charge in [0, 0.05) is 57.5 Å². The van der Waals surface area contributed by atoms with Crippen molar-refractivity contribution in [2.45, 2.75) is 51.0 Å². The van der Waals surface area contributed by atoms with Crippen molar-refractivity contribution in [2.24, 2.45) is 0 Å². The van der Waals surface area contributed by atoms with Crippen LogP contribution in [0, 0.1) is 0 Å². The van der Waals surface area contributed by atoms with Gasteiger partial charge in [0.15, 0.2) is 0 Å². The number of nitrogens with one attached hydrogen (secondary N) is 2. The van der Waals surface area contributed by atoms with Crippen LogP contribution in [0.3, 0.4) is 0 Å². The molecule has 12 nitrogen and oxygen atoms in total. The Morgan fingerprint density at radius 1 is 1.05 bits per heavy atom. The van der Waals surface area contributed by atoms with Gasteiger partial charge in [0.1, 0.15) is 5.82 Å². The van der Waals surface area contributed by atoms with E-state index in [1.54, 1.807) is 19.1 Å². The molecule has 1 unspecified atom stereocenters. The molecule has 1 aromatic heterocycles. The lowest BCUT2D eigenvalue weighted by atomic mass is 10.0. The number of aromatic nitrogens is 2. The van der Waals surface area contributed by atoms with E-state index in [4.69, 9.17) is 5.11 Å². The zero-order valence-corrected chi connectivity index (χ0v) is 22.4. The third-order valence-corrected chi connectivity index (χ3v) is 7.32. The second-order valence-electron chi connectivity index (χ2n) is 10.1. The molecule has 0 spiro atoms. The molecule has 1 aromatic carbocycles. The molecule has 4 rings (SSSR count). The van der Waals surface area contributed by atoms with E-state index < -0.39 is 35.9 Å². The molecule has 2 saturated heterocycles. The Bertz CT molecular complexity index is 1310. The van der Waals surface area contributed by atoms with Crippen molar-refractivity contribution in [3.8, 4) is 5.69 Å². The minimum Gasteiger partial charge on any atom is -0.465 e. The van der Waals surface area contributed by atoms with E-state index in [1.165, 1.54) is 21.7 Å². The highest BCUT2D eigenvalue weighted by Crippen LogP contribution is 2.23. The van der Waals surface area contributed by atoms with Crippen LogP contribution in [-0.2, 0) is 11.3 Å². The number of amides is 4. The van der Waals surface area contributed by atoms with E-state index in [9.17, 15) is 32.3 Å². The van der Waals surface area contributed by atoms with Crippen LogP contribution in [-0.4, -0.2) is 98.4 Å². The summed E-state index contributed by atoms with van der Waals surface area (Å²) in [6.45, 7) is 3.44. The lowest BCUT2D eigenvalue weighted by Crippen LogP contribution is -2.59. The average Bonchev–Trinajstić information content (AvgIpc) is 2.93. The number of carbonyl (C=O) groups excluding carboxylic acids is 2. The fourth-order valence-corrected chi connectivity index (χ4v) is 5.11. The molecule has 3 heterocycles. The van der Waals surface area contributed by atoms with Gasteiger partial charge in [-0.1, -0.05) is 19.1 Å². The van der Waals surface area contributed by atoms with Gasteiger partial charge in [-0.3, -0.25) is 19.6 Å². The summed E-state index contributed by atoms with van der Waals surface area (Å²) < 4.78 is 40.0. The number of carboxylic acid groups (broad SMARTS) is 1. The van der Waals surface area contributed by atoms with Crippen LogP contribution in [0.5, 0.6) is 0 Å².